The fourth-order valence-corrected chi connectivity index (χ4v) is 1.72. The minimum atomic E-state index is -0.429. The van der Waals surface area contributed by atoms with Gasteiger partial charge in [-0.1, -0.05) is 6.07 Å². The van der Waals surface area contributed by atoms with Gasteiger partial charge >= 0.3 is 0 Å². The number of hydrogen-bond donors (Lipinski definition) is 1. The molecule has 1 N–H and O–H groups in total. The fourth-order valence-electron chi connectivity index (χ4n) is 1.72. The summed E-state index contributed by atoms with van der Waals surface area (Å²) in [6.07, 6.45) is 2.65. The third kappa shape index (κ3) is 2.65. The summed E-state index contributed by atoms with van der Waals surface area (Å²) < 4.78 is 26.3. The average molecular weight is 234 g/mol. The molecule has 4 heteroatoms. The van der Waals surface area contributed by atoms with Gasteiger partial charge in [-0.25, -0.2) is 8.78 Å². The lowest BCUT2D eigenvalue weighted by molar-refractivity contribution is 0.620. The number of nitrogens with zero attached hydrogens (tertiary/aromatic N) is 1. The average Bonchev–Trinajstić information content (AvgIpc) is 2.32. The maximum Gasteiger partial charge on any atom is 0.142 e. The maximum absolute atomic E-state index is 13.2. The van der Waals surface area contributed by atoms with Gasteiger partial charge < -0.3 is 5.32 Å². The number of hydrogen-bond acceptors (Lipinski definition) is 2. The lowest BCUT2D eigenvalue weighted by atomic mass is 10.0. The van der Waals surface area contributed by atoms with E-state index in [0.29, 0.717) is 17.7 Å². The lowest BCUT2D eigenvalue weighted by Gasteiger charge is -2.09. The first-order valence-electron chi connectivity index (χ1n) is 5.24. The van der Waals surface area contributed by atoms with Crippen molar-refractivity contribution in [1.29, 1.82) is 0 Å². The highest BCUT2D eigenvalue weighted by atomic mass is 19.1. The summed E-state index contributed by atoms with van der Waals surface area (Å²) in [5.41, 5.74) is 2.14. The van der Waals surface area contributed by atoms with Crippen LogP contribution in [0, 0.1) is 11.6 Å². The first kappa shape index (κ1) is 11.7. The standard InChI is InChI=1S/C13H12F2N2/c1-16-6-9-2-3-11(14)5-13(9)10-4-12(15)8-17-7-10/h2-5,7-8,16H,6H2,1H3. The molecule has 0 amide bonds. The first-order valence-corrected chi connectivity index (χ1v) is 5.24. The third-order valence-corrected chi connectivity index (χ3v) is 2.46. The molecule has 0 aliphatic rings. The molecule has 1 aromatic heterocycles. The predicted molar refractivity (Wildman–Crippen MR) is 62.4 cm³/mol. The molecule has 2 nitrogen and oxygen atoms in total. The lowest BCUT2D eigenvalue weighted by Crippen LogP contribution is -2.06. The number of benzene rings is 1. The molecule has 0 aliphatic carbocycles. The summed E-state index contributed by atoms with van der Waals surface area (Å²) in [5.74, 6) is -0.772. The summed E-state index contributed by atoms with van der Waals surface area (Å²) in [7, 11) is 1.80. The molecule has 1 heterocycles. The third-order valence-electron chi connectivity index (χ3n) is 2.46. The topological polar surface area (TPSA) is 24.9 Å². The Balaban J connectivity index is 2.52. The Morgan fingerprint density at radius 3 is 2.65 bits per heavy atom. The molecule has 0 aliphatic heterocycles. The first-order chi connectivity index (χ1) is 8.20. The van der Waals surface area contributed by atoms with E-state index in [4.69, 9.17) is 0 Å². The molecule has 0 spiro atoms. The van der Waals surface area contributed by atoms with Crippen LogP contribution in [0.5, 0.6) is 0 Å². The molecule has 88 valence electrons. The van der Waals surface area contributed by atoms with Crippen LogP contribution in [0.15, 0.2) is 36.7 Å². The van der Waals surface area contributed by atoms with E-state index in [0.717, 1.165) is 11.8 Å². The molecule has 0 fully saturated rings. The highest BCUT2D eigenvalue weighted by Gasteiger charge is 2.07. The maximum atomic E-state index is 13.2. The molecule has 0 atom stereocenters. The van der Waals surface area contributed by atoms with Gasteiger partial charge in [0.2, 0.25) is 0 Å². The van der Waals surface area contributed by atoms with Crippen LogP contribution in [0.25, 0.3) is 11.1 Å². The monoisotopic (exact) mass is 234 g/mol. The second kappa shape index (κ2) is 5.01. The highest BCUT2D eigenvalue weighted by molar-refractivity contribution is 5.66. The largest absolute Gasteiger partial charge is 0.316 e. The molecular formula is C13H12F2N2. The Morgan fingerprint density at radius 1 is 1.12 bits per heavy atom. The van der Waals surface area contributed by atoms with Gasteiger partial charge in [0, 0.05) is 18.3 Å². The number of rotatable bonds is 3. The van der Waals surface area contributed by atoms with Crippen molar-refractivity contribution in [2.45, 2.75) is 6.54 Å². The van der Waals surface area contributed by atoms with Crippen molar-refractivity contribution in [2.75, 3.05) is 7.05 Å². The van der Waals surface area contributed by atoms with Gasteiger partial charge in [0.15, 0.2) is 0 Å². The van der Waals surface area contributed by atoms with Gasteiger partial charge in [-0.15, -0.1) is 0 Å². The molecule has 2 rings (SSSR count). The van der Waals surface area contributed by atoms with Crippen molar-refractivity contribution >= 4 is 0 Å². The highest BCUT2D eigenvalue weighted by Crippen LogP contribution is 2.24. The zero-order valence-corrected chi connectivity index (χ0v) is 9.37. The number of nitrogens with one attached hydrogen (secondary N) is 1. The van der Waals surface area contributed by atoms with Crippen molar-refractivity contribution < 1.29 is 8.78 Å². The minimum Gasteiger partial charge on any atom is -0.316 e. The van der Waals surface area contributed by atoms with Crippen LogP contribution in [-0.2, 0) is 6.54 Å². The minimum absolute atomic E-state index is 0.343. The van der Waals surface area contributed by atoms with E-state index in [9.17, 15) is 8.78 Å². The van der Waals surface area contributed by atoms with Gasteiger partial charge in [0.25, 0.3) is 0 Å². The van der Waals surface area contributed by atoms with Crippen molar-refractivity contribution in [3.63, 3.8) is 0 Å². The molecule has 17 heavy (non-hydrogen) atoms. The van der Waals surface area contributed by atoms with Gasteiger partial charge in [-0.05, 0) is 36.4 Å². The smallest absolute Gasteiger partial charge is 0.142 e. The van der Waals surface area contributed by atoms with E-state index in [2.05, 4.69) is 10.3 Å². The quantitative estimate of drug-likeness (QED) is 0.883. The summed E-state index contributed by atoms with van der Waals surface area (Å²) in [5, 5.41) is 2.99. The van der Waals surface area contributed by atoms with E-state index in [1.165, 1.54) is 24.4 Å². The van der Waals surface area contributed by atoms with Gasteiger partial charge in [-0.2, -0.15) is 0 Å². The second-order valence-electron chi connectivity index (χ2n) is 3.72. The van der Waals surface area contributed by atoms with Crippen LogP contribution < -0.4 is 5.32 Å². The summed E-state index contributed by atoms with van der Waals surface area (Å²) >= 11 is 0. The Kier molecular flexibility index (Phi) is 3.44. The molecule has 0 saturated heterocycles. The Labute approximate surface area is 98.3 Å². The van der Waals surface area contributed by atoms with Crippen molar-refractivity contribution in [2.24, 2.45) is 0 Å². The zero-order chi connectivity index (χ0) is 12.3. The molecule has 0 radical (unpaired) electrons. The molecule has 0 saturated carbocycles. The molecular weight excluding hydrogens is 222 g/mol. The second-order valence-corrected chi connectivity index (χ2v) is 3.72. The number of halogens is 2. The van der Waals surface area contributed by atoms with Crippen LogP contribution in [0.4, 0.5) is 8.78 Å². The molecule has 2 aromatic rings. The van der Waals surface area contributed by atoms with E-state index < -0.39 is 5.82 Å². The van der Waals surface area contributed by atoms with Gasteiger partial charge in [0.05, 0.1) is 6.20 Å². The summed E-state index contributed by atoms with van der Waals surface area (Å²) in [6, 6.07) is 5.82. The van der Waals surface area contributed by atoms with Gasteiger partial charge in [-0.3, -0.25) is 4.98 Å². The Hall–Kier alpha value is -1.81. The number of aromatic nitrogens is 1. The van der Waals surface area contributed by atoms with Crippen LogP contribution >= 0.6 is 0 Å². The zero-order valence-electron chi connectivity index (χ0n) is 9.37. The summed E-state index contributed by atoms with van der Waals surface area (Å²) in [6.45, 7) is 0.589. The molecule has 0 unspecified atom stereocenters. The normalized spacial score (nSPS) is 10.5. The van der Waals surface area contributed by atoms with Crippen LogP contribution in [0.3, 0.4) is 0 Å². The van der Waals surface area contributed by atoms with Crippen molar-refractivity contribution in [3.8, 4) is 11.1 Å². The van der Waals surface area contributed by atoms with E-state index in [-0.39, 0.29) is 5.82 Å². The number of pyridine rings is 1. The Morgan fingerprint density at radius 2 is 1.94 bits per heavy atom. The summed E-state index contributed by atoms with van der Waals surface area (Å²) in [4.78, 5) is 3.77. The molecule has 1 aromatic carbocycles. The van der Waals surface area contributed by atoms with Crippen LogP contribution in [0.2, 0.25) is 0 Å². The Bertz CT molecular complexity index is 527. The van der Waals surface area contributed by atoms with Gasteiger partial charge in [0.1, 0.15) is 11.6 Å². The van der Waals surface area contributed by atoms with E-state index in [1.54, 1.807) is 13.1 Å². The van der Waals surface area contributed by atoms with Crippen molar-refractivity contribution in [3.05, 3.63) is 53.9 Å². The van der Waals surface area contributed by atoms with Crippen LogP contribution in [0.1, 0.15) is 5.56 Å². The molecule has 0 bridgehead atoms. The fraction of sp³-hybridized carbons (Fsp3) is 0.154. The SMILES string of the molecule is CNCc1ccc(F)cc1-c1cncc(F)c1. The van der Waals surface area contributed by atoms with Crippen LogP contribution in [-0.4, -0.2) is 12.0 Å². The van der Waals surface area contributed by atoms with Crippen molar-refractivity contribution in [1.82, 2.24) is 10.3 Å². The van der Waals surface area contributed by atoms with E-state index >= 15 is 0 Å². The van der Waals surface area contributed by atoms with E-state index in [1.807, 2.05) is 0 Å². The predicted octanol–water partition coefficient (Wildman–Crippen LogP) is 2.75.